The molecule has 0 spiro atoms. The van der Waals surface area contributed by atoms with E-state index in [0.717, 1.165) is 0 Å². The van der Waals surface area contributed by atoms with Crippen molar-refractivity contribution < 1.29 is 24.2 Å². The summed E-state index contributed by atoms with van der Waals surface area (Å²) in [5.41, 5.74) is 0.677. The Kier molecular flexibility index (Phi) is 6.22. The first-order chi connectivity index (χ1) is 9.54. The van der Waals surface area contributed by atoms with Crippen molar-refractivity contribution in [3.8, 4) is 0 Å². The van der Waals surface area contributed by atoms with Crippen LogP contribution in [0.2, 0.25) is 0 Å². The third kappa shape index (κ3) is 5.09. The smallest absolute Gasteiger partial charge is 0.339 e. The van der Waals surface area contributed by atoms with E-state index in [1.54, 1.807) is 24.3 Å². The Morgan fingerprint density at radius 2 is 1.80 bits per heavy atom. The lowest BCUT2D eigenvalue weighted by Gasteiger charge is -2.09. The summed E-state index contributed by atoms with van der Waals surface area (Å²) < 4.78 is 4.63. The van der Waals surface area contributed by atoms with Crippen LogP contribution in [-0.4, -0.2) is 30.1 Å². The van der Waals surface area contributed by atoms with Crippen LogP contribution in [0.1, 0.15) is 36.0 Å². The Bertz CT molecular complexity index is 498. The van der Waals surface area contributed by atoms with Crippen molar-refractivity contribution >= 4 is 23.5 Å². The van der Waals surface area contributed by atoms with Crippen LogP contribution in [0.4, 0.5) is 5.69 Å². The fraction of sp³-hybridized carbons (Fsp3) is 0.357. The van der Waals surface area contributed by atoms with Gasteiger partial charge in [-0.3, -0.25) is 9.59 Å². The van der Waals surface area contributed by atoms with Gasteiger partial charge in [0.2, 0.25) is 5.91 Å². The molecule has 1 aromatic carbocycles. The van der Waals surface area contributed by atoms with E-state index >= 15 is 0 Å². The van der Waals surface area contributed by atoms with Crippen LogP contribution in [0.3, 0.4) is 0 Å². The lowest BCUT2D eigenvalue weighted by molar-refractivity contribution is -0.137. The van der Waals surface area contributed by atoms with E-state index in [1.165, 1.54) is 7.11 Å². The number of hydrogen-bond acceptors (Lipinski definition) is 4. The number of unbranched alkanes of at least 4 members (excludes halogenated alkanes) is 1. The Hall–Kier alpha value is -2.37. The van der Waals surface area contributed by atoms with Gasteiger partial charge in [-0.25, -0.2) is 4.79 Å². The molecule has 2 N–H and O–H groups in total. The van der Waals surface area contributed by atoms with Crippen LogP contribution in [-0.2, 0) is 14.3 Å². The highest BCUT2D eigenvalue weighted by Gasteiger charge is 2.12. The highest BCUT2D eigenvalue weighted by molar-refractivity contribution is 6.01. The summed E-state index contributed by atoms with van der Waals surface area (Å²) in [7, 11) is 1.27. The standard InChI is InChI=1S/C14H17NO5/c1-20-14(19)10-6-2-3-7-11(10)15-12(16)8-4-5-9-13(17)18/h2-3,6-7H,4-5,8-9H2,1H3,(H,15,16)(H,17,18). The van der Waals surface area contributed by atoms with Crippen LogP contribution in [0, 0.1) is 0 Å². The number of ether oxygens (including phenoxy) is 1. The average Bonchev–Trinajstić information content (AvgIpc) is 2.43. The van der Waals surface area contributed by atoms with Gasteiger partial charge in [0.1, 0.15) is 0 Å². The number of para-hydroxylation sites is 1. The lowest BCUT2D eigenvalue weighted by Crippen LogP contribution is -2.15. The largest absolute Gasteiger partial charge is 0.481 e. The average molecular weight is 279 g/mol. The zero-order valence-electron chi connectivity index (χ0n) is 11.2. The Morgan fingerprint density at radius 1 is 1.15 bits per heavy atom. The van der Waals surface area contributed by atoms with Crippen molar-refractivity contribution in [3.63, 3.8) is 0 Å². The summed E-state index contributed by atoms with van der Waals surface area (Å²) in [4.78, 5) is 33.6. The SMILES string of the molecule is COC(=O)c1ccccc1NC(=O)CCCCC(=O)O. The highest BCUT2D eigenvalue weighted by atomic mass is 16.5. The van der Waals surface area contributed by atoms with Gasteiger partial charge in [0.15, 0.2) is 0 Å². The number of carboxylic acid groups (broad SMARTS) is 1. The van der Waals surface area contributed by atoms with Gasteiger partial charge < -0.3 is 15.2 Å². The Balaban J connectivity index is 2.53. The molecule has 0 fully saturated rings. The van der Waals surface area contributed by atoms with E-state index in [2.05, 4.69) is 10.1 Å². The fourth-order valence-corrected chi connectivity index (χ4v) is 1.65. The molecule has 0 atom stereocenters. The zero-order valence-corrected chi connectivity index (χ0v) is 11.2. The van der Waals surface area contributed by atoms with Gasteiger partial charge in [-0.05, 0) is 25.0 Å². The molecule has 20 heavy (non-hydrogen) atoms. The Morgan fingerprint density at radius 3 is 2.45 bits per heavy atom. The number of carbonyl (C=O) groups excluding carboxylic acids is 2. The minimum absolute atomic E-state index is 0.0476. The van der Waals surface area contributed by atoms with Crippen LogP contribution in [0.5, 0.6) is 0 Å². The summed E-state index contributed by atoms with van der Waals surface area (Å²) in [5.74, 6) is -1.65. The zero-order chi connectivity index (χ0) is 15.0. The van der Waals surface area contributed by atoms with Crippen LogP contribution in [0.15, 0.2) is 24.3 Å². The van der Waals surface area contributed by atoms with Gasteiger partial charge in [0, 0.05) is 12.8 Å². The van der Waals surface area contributed by atoms with Gasteiger partial charge in [-0.2, -0.15) is 0 Å². The molecule has 108 valence electrons. The van der Waals surface area contributed by atoms with E-state index in [4.69, 9.17) is 5.11 Å². The van der Waals surface area contributed by atoms with E-state index in [-0.39, 0.29) is 24.3 Å². The van der Waals surface area contributed by atoms with Crippen LogP contribution >= 0.6 is 0 Å². The third-order valence-electron chi connectivity index (χ3n) is 2.65. The lowest BCUT2D eigenvalue weighted by atomic mass is 10.1. The van der Waals surface area contributed by atoms with Gasteiger partial charge in [-0.1, -0.05) is 12.1 Å². The number of anilines is 1. The minimum atomic E-state index is -0.874. The normalized spacial score (nSPS) is 9.85. The number of carboxylic acids is 1. The van der Waals surface area contributed by atoms with Crippen LogP contribution < -0.4 is 5.32 Å². The van der Waals surface area contributed by atoms with Gasteiger partial charge in [-0.15, -0.1) is 0 Å². The van der Waals surface area contributed by atoms with Crippen molar-refractivity contribution in [2.75, 3.05) is 12.4 Å². The van der Waals surface area contributed by atoms with Gasteiger partial charge in [0.05, 0.1) is 18.4 Å². The maximum absolute atomic E-state index is 11.7. The molecule has 1 aromatic rings. The first-order valence-electron chi connectivity index (χ1n) is 6.23. The molecule has 6 heteroatoms. The van der Waals surface area contributed by atoms with Crippen molar-refractivity contribution in [3.05, 3.63) is 29.8 Å². The molecule has 0 heterocycles. The summed E-state index contributed by atoms with van der Waals surface area (Å²) in [5, 5.41) is 11.1. The molecule has 0 aliphatic rings. The molecule has 6 nitrogen and oxygen atoms in total. The van der Waals surface area contributed by atoms with Crippen molar-refractivity contribution in [2.45, 2.75) is 25.7 Å². The molecule has 0 radical (unpaired) electrons. The van der Waals surface area contributed by atoms with Gasteiger partial charge >= 0.3 is 11.9 Å². The number of aliphatic carboxylic acids is 1. The molecule has 0 aromatic heterocycles. The molecule has 0 unspecified atom stereocenters. The predicted molar refractivity (Wildman–Crippen MR) is 72.5 cm³/mol. The number of amides is 1. The maximum Gasteiger partial charge on any atom is 0.339 e. The summed E-state index contributed by atoms with van der Waals surface area (Å²) in [6, 6.07) is 6.55. The van der Waals surface area contributed by atoms with E-state index in [9.17, 15) is 14.4 Å². The topological polar surface area (TPSA) is 92.7 Å². The fourth-order valence-electron chi connectivity index (χ4n) is 1.65. The minimum Gasteiger partial charge on any atom is -0.481 e. The molecule has 0 bridgehead atoms. The van der Waals surface area contributed by atoms with Crippen LogP contribution in [0.25, 0.3) is 0 Å². The molecular formula is C14H17NO5. The van der Waals surface area contributed by atoms with E-state index < -0.39 is 11.9 Å². The monoisotopic (exact) mass is 279 g/mol. The molecule has 0 saturated heterocycles. The molecular weight excluding hydrogens is 262 g/mol. The number of esters is 1. The molecule has 0 saturated carbocycles. The number of benzene rings is 1. The number of rotatable bonds is 7. The first-order valence-corrected chi connectivity index (χ1v) is 6.23. The number of methoxy groups -OCH3 is 1. The number of nitrogens with one attached hydrogen (secondary N) is 1. The highest BCUT2D eigenvalue weighted by Crippen LogP contribution is 2.16. The summed E-state index contributed by atoms with van der Waals surface area (Å²) >= 11 is 0. The molecule has 0 aliphatic carbocycles. The first kappa shape index (κ1) is 15.7. The number of carbonyl (C=O) groups is 3. The van der Waals surface area contributed by atoms with Crippen molar-refractivity contribution in [2.24, 2.45) is 0 Å². The molecule has 0 aliphatic heterocycles. The number of hydrogen-bond donors (Lipinski definition) is 2. The van der Waals surface area contributed by atoms with Gasteiger partial charge in [0.25, 0.3) is 0 Å². The van der Waals surface area contributed by atoms with Crippen molar-refractivity contribution in [1.29, 1.82) is 0 Å². The second-order valence-electron chi connectivity index (χ2n) is 4.19. The Labute approximate surface area is 116 Å². The summed E-state index contributed by atoms with van der Waals surface area (Å²) in [6.07, 6.45) is 1.19. The summed E-state index contributed by atoms with van der Waals surface area (Å²) in [6.45, 7) is 0. The van der Waals surface area contributed by atoms with E-state index in [1.807, 2.05) is 0 Å². The second kappa shape index (κ2) is 7.93. The molecule has 1 rings (SSSR count). The second-order valence-corrected chi connectivity index (χ2v) is 4.19. The predicted octanol–water partition coefficient (Wildman–Crippen LogP) is 2.06. The quantitative estimate of drug-likeness (QED) is 0.588. The van der Waals surface area contributed by atoms with Crippen molar-refractivity contribution in [1.82, 2.24) is 0 Å². The van der Waals surface area contributed by atoms with E-state index in [0.29, 0.717) is 18.5 Å². The third-order valence-corrected chi connectivity index (χ3v) is 2.65. The molecule has 1 amide bonds. The maximum atomic E-state index is 11.7.